The van der Waals surface area contributed by atoms with Gasteiger partial charge in [-0.3, -0.25) is 0 Å². The fourth-order valence-corrected chi connectivity index (χ4v) is 1.17. The normalized spacial score (nSPS) is 11.9. The number of benzene rings is 1. The topological polar surface area (TPSA) is 16.6 Å². The molecule has 2 N–H and O–H groups in total. The van der Waals surface area contributed by atoms with Crippen molar-refractivity contribution in [3.8, 4) is 0 Å². The highest BCUT2D eigenvalue weighted by molar-refractivity contribution is 5.18. The predicted molar refractivity (Wildman–Crippen MR) is 65.2 cm³/mol. The maximum atomic E-state index is 3.69. The molecule has 1 nitrogen and oxygen atoms in total. The number of hydrogen-bond donors (Lipinski definition) is 1. The van der Waals surface area contributed by atoms with Crippen LogP contribution in [-0.4, -0.2) is 0 Å². The summed E-state index contributed by atoms with van der Waals surface area (Å²) in [6, 6.07) is 10.4. The van der Waals surface area contributed by atoms with Crippen molar-refractivity contribution in [2.24, 2.45) is 0 Å². The first-order valence-corrected chi connectivity index (χ1v) is 5.16. The summed E-state index contributed by atoms with van der Waals surface area (Å²) in [7, 11) is 0. The van der Waals surface area contributed by atoms with E-state index in [1.807, 2.05) is 25.1 Å². The lowest BCUT2D eigenvalue weighted by Crippen LogP contribution is -2.76. The molecule has 1 aromatic carbocycles. The second kappa shape index (κ2) is 6.80. The zero-order chi connectivity index (χ0) is 10.9. The molecule has 0 saturated heterocycles. The molecule has 0 saturated carbocycles. The first-order valence-electron chi connectivity index (χ1n) is 5.16. The van der Waals surface area contributed by atoms with Gasteiger partial charge in [0.2, 0.25) is 0 Å². The minimum Gasteiger partial charge on any atom is -0.316 e. The Morgan fingerprint density at radius 3 is 2.73 bits per heavy atom. The summed E-state index contributed by atoms with van der Waals surface area (Å²) in [5, 5.41) is 2.15. The minimum atomic E-state index is 0.984. The first kappa shape index (κ1) is 11.5. The Bertz CT molecular complexity index is 347. The highest BCUT2D eigenvalue weighted by Gasteiger charge is 1.89. The van der Waals surface area contributed by atoms with Crippen LogP contribution in [0.3, 0.4) is 0 Å². The van der Waals surface area contributed by atoms with Gasteiger partial charge in [-0.05, 0) is 13.0 Å². The second-order valence-electron chi connectivity index (χ2n) is 3.43. The third kappa shape index (κ3) is 4.99. The molecule has 15 heavy (non-hydrogen) atoms. The highest BCUT2D eigenvalue weighted by atomic mass is 14.8. The molecule has 0 fully saturated rings. The van der Waals surface area contributed by atoms with E-state index in [4.69, 9.17) is 0 Å². The van der Waals surface area contributed by atoms with Gasteiger partial charge in [0.15, 0.2) is 0 Å². The van der Waals surface area contributed by atoms with E-state index in [0.29, 0.717) is 0 Å². The summed E-state index contributed by atoms with van der Waals surface area (Å²) >= 11 is 0. The summed E-state index contributed by atoms with van der Waals surface area (Å²) in [6.07, 6.45) is 8.01. The number of nitrogens with two attached hydrogens (primary N) is 1. The molecule has 0 aromatic heterocycles. The van der Waals surface area contributed by atoms with E-state index in [1.54, 1.807) is 0 Å². The maximum Gasteiger partial charge on any atom is 0.105 e. The maximum absolute atomic E-state index is 3.69. The van der Waals surface area contributed by atoms with Crippen LogP contribution in [0.1, 0.15) is 12.5 Å². The molecule has 78 valence electrons. The van der Waals surface area contributed by atoms with Gasteiger partial charge in [-0.15, -0.1) is 0 Å². The standard InChI is InChI=1S/C14H17N/c1-3-13(2)8-7-11-15-12-14-9-5-4-6-10-14/h3-11,15H,1,12H2,2H3/p+1/b11-7-,13-8-. The van der Waals surface area contributed by atoms with E-state index in [2.05, 4.69) is 48.4 Å². The SMILES string of the molecule is C=C/C(C)=C\C=C/[NH2+]Cc1ccccc1. The van der Waals surface area contributed by atoms with Crippen LogP contribution >= 0.6 is 0 Å². The van der Waals surface area contributed by atoms with Gasteiger partial charge in [-0.1, -0.05) is 54.6 Å². The smallest absolute Gasteiger partial charge is 0.105 e. The van der Waals surface area contributed by atoms with Crippen LogP contribution in [0, 0.1) is 0 Å². The molecule has 0 radical (unpaired) electrons. The Labute approximate surface area is 91.8 Å². The number of allylic oxidation sites excluding steroid dienone is 4. The monoisotopic (exact) mass is 200 g/mol. The van der Waals surface area contributed by atoms with Crippen molar-refractivity contribution in [1.82, 2.24) is 0 Å². The Balaban J connectivity index is 2.31. The third-order valence-electron chi connectivity index (χ3n) is 2.12. The second-order valence-corrected chi connectivity index (χ2v) is 3.43. The molecule has 0 heterocycles. The Kier molecular flexibility index (Phi) is 5.20. The lowest BCUT2D eigenvalue weighted by atomic mass is 10.2. The van der Waals surface area contributed by atoms with Gasteiger partial charge in [-0.25, -0.2) is 0 Å². The van der Waals surface area contributed by atoms with Crippen LogP contribution in [0.25, 0.3) is 0 Å². The molecular weight excluding hydrogens is 182 g/mol. The summed E-state index contributed by atoms with van der Waals surface area (Å²) in [5.74, 6) is 0. The lowest BCUT2D eigenvalue weighted by molar-refractivity contribution is -0.604. The molecule has 0 amide bonds. The van der Waals surface area contributed by atoms with Crippen LogP contribution < -0.4 is 5.32 Å². The fraction of sp³-hybridized carbons (Fsp3) is 0.143. The average molecular weight is 200 g/mol. The van der Waals surface area contributed by atoms with Crippen LogP contribution in [0.4, 0.5) is 0 Å². The lowest BCUT2D eigenvalue weighted by Gasteiger charge is -1.95. The van der Waals surface area contributed by atoms with Crippen molar-refractivity contribution in [2.45, 2.75) is 13.5 Å². The van der Waals surface area contributed by atoms with Crippen molar-refractivity contribution in [3.63, 3.8) is 0 Å². The van der Waals surface area contributed by atoms with E-state index in [9.17, 15) is 0 Å². The molecule has 1 aromatic rings. The summed E-state index contributed by atoms with van der Waals surface area (Å²) < 4.78 is 0. The minimum absolute atomic E-state index is 0.984. The van der Waals surface area contributed by atoms with E-state index < -0.39 is 0 Å². The van der Waals surface area contributed by atoms with Crippen molar-refractivity contribution >= 4 is 0 Å². The van der Waals surface area contributed by atoms with Crippen molar-refractivity contribution in [2.75, 3.05) is 0 Å². The highest BCUT2D eigenvalue weighted by Crippen LogP contribution is 1.94. The fourth-order valence-electron chi connectivity index (χ4n) is 1.17. The van der Waals surface area contributed by atoms with Gasteiger partial charge in [0.1, 0.15) is 6.54 Å². The number of hydrogen-bond acceptors (Lipinski definition) is 0. The van der Waals surface area contributed by atoms with Crippen LogP contribution in [0.5, 0.6) is 0 Å². The van der Waals surface area contributed by atoms with Gasteiger partial charge in [0, 0.05) is 5.56 Å². The van der Waals surface area contributed by atoms with Crippen molar-refractivity contribution < 1.29 is 5.32 Å². The predicted octanol–water partition coefficient (Wildman–Crippen LogP) is 2.40. The number of rotatable bonds is 5. The molecule has 0 bridgehead atoms. The largest absolute Gasteiger partial charge is 0.316 e. The van der Waals surface area contributed by atoms with Crippen LogP contribution in [0.15, 0.2) is 66.9 Å². The van der Waals surface area contributed by atoms with Gasteiger partial charge < -0.3 is 5.32 Å². The molecule has 1 rings (SSSR count). The molecule has 0 unspecified atom stereocenters. The molecule has 1 heteroatoms. The van der Waals surface area contributed by atoms with Crippen LogP contribution in [0.2, 0.25) is 0 Å². The van der Waals surface area contributed by atoms with Gasteiger partial charge >= 0.3 is 0 Å². The third-order valence-corrected chi connectivity index (χ3v) is 2.12. The summed E-state index contributed by atoms with van der Waals surface area (Å²) in [5.41, 5.74) is 2.52. The van der Waals surface area contributed by atoms with E-state index in [1.165, 1.54) is 11.1 Å². The van der Waals surface area contributed by atoms with Gasteiger partial charge in [0.25, 0.3) is 0 Å². The van der Waals surface area contributed by atoms with Crippen molar-refractivity contribution in [3.05, 3.63) is 72.5 Å². The Hall–Kier alpha value is -1.60. The molecule has 0 spiro atoms. The van der Waals surface area contributed by atoms with Crippen molar-refractivity contribution in [1.29, 1.82) is 0 Å². The average Bonchev–Trinajstić information content (AvgIpc) is 2.29. The Morgan fingerprint density at radius 1 is 1.33 bits per heavy atom. The molecular formula is C14H18N+. The van der Waals surface area contributed by atoms with Gasteiger partial charge in [0.05, 0.1) is 6.20 Å². The number of quaternary nitrogens is 1. The molecule has 0 aliphatic heterocycles. The summed E-state index contributed by atoms with van der Waals surface area (Å²) in [6.45, 7) is 6.72. The van der Waals surface area contributed by atoms with Crippen LogP contribution in [-0.2, 0) is 6.54 Å². The van der Waals surface area contributed by atoms with E-state index >= 15 is 0 Å². The zero-order valence-corrected chi connectivity index (χ0v) is 9.19. The quantitative estimate of drug-likeness (QED) is 0.703. The first-order chi connectivity index (χ1) is 7.33. The molecule has 0 aliphatic carbocycles. The summed E-state index contributed by atoms with van der Waals surface area (Å²) in [4.78, 5) is 0. The zero-order valence-electron chi connectivity index (χ0n) is 9.19. The van der Waals surface area contributed by atoms with Gasteiger partial charge in [-0.2, -0.15) is 0 Å². The Morgan fingerprint density at radius 2 is 2.07 bits per heavy atom. The molecule has 0 aliphatic rings. The van der Waals surface area contributed by atoms with E-state index in [0.717, 1.165) is 6.54 Å². The molecule has 0 atom stereocenters. The van der Waals surface area contributed by atoms with E-state index in [-0.39, 0.29) is 0 Å².